The van der Waals surface area contributed by atoms with E-state index in [9.17, 15) is 0 Å². The summed E-state index contributed by atoms with van der Waals surface area (Å²) in [6.45, 7) is 2.15. The summed E-state index contributed by atoms with van der Waals surface area (Å²) in [6, 6.07) is 17.9. The molecule has 1 heteroatoms. The van der Waals surface area contributed by atoms with E-state index in [1.165, 1.54) is 35.2 Å². The van der Waals surface area contributed by atoms with Gasteiger partial charge in [-0.25, -0.2) is 0 Å². The lowest BCUT2D eigenvalue weighted by Gasteiger charge is -2.27. The molecule has 1 N–H and O–H groups in total. The van der Waals surface area contributed by atoms with Gasteiger partial charge >= 0.3 is 0 Å². The number of nitrogens with one attached hydrogen (secondary N) is 1. The Balaban J connectivity index is 1.90. The Kier molecular flexibility index (Phi) is 2.60. The van der Waals surface area contributed by atoms with Crippen LogP contribution in [0.4, 0.5) is 5.69 Å². The molecular weight excluding hydrogens is 206 g/mol. The zero-order chi connectivity index (χ0) is 11.7. The van der Waals surface area contributed by atoms with E-state index < -0.39 is 0 Å². The van der Waals surface area contributed by atoms with Gasteiger partial charge in [-0.15, -0.1) is 0 Å². The highest BCUT2D eigenvalue weighted by Crippen LogP contribution is 2.32. The standard InChI is InChI=1S/C16H17N/c1-12-7-8-14-9-10-15(17-16(14)11-12)13-5-3-2-4-6-13/h2-8,11,15,17H,9-10H2,1H3. The molecule has 1 aliphatic heterocycles. The van der Waals surface area contributed by atoms with Gasteiger partial charge in [0.25, 0.3) is 0 Å². The molecule has 0 spiro atoms. The van der Waals surface area contributed by atoms with E-state index in [0.29, 0.717) is 6.04 Å². The van der Waals surface area contributed by atoms with Crippen LogP contribution in [0.5, 0.6) is 0 Å². The maximum atomic E-state index is 3.65. The van der Waals surface area contributed by atoms with Crippen LogP contribution in [-0.4, -0.2) is 0 Å². The Bertz CT molecular complexity index is 516. The molecule has 17 heavy (non-hydrogen) atoms. The fourth-order valence-electron chi connectivity index (χ4n) is 2.54. The fraction of sp³-hybridized carbons (Fsp3) is 0.250. The van der Waals surface area contributed by atoms with Crippen LogP contribution in [0, 0.1) is 6.92 Å². The minimum Gasteiger partial charge on any atom is -0.378 e. The zero-order valence-electron chi connectivity index (χ0n) is 10.1. The average molecular weight is 223 g/mol. The Morgan fingerprint density at radius 1 is 1.06 bits per heavy atom. The second-order valence-corrected chi connectivity index (χ2v) is 4.81. The Morgan fingerprint density at radius 2 is 1.88 bits per heavy atom. The van der Waals surface area contributed by atoms with Crippen LogP contribution >= 0.6 is 0 Å². The third-order valence-electron chi connectivity index (χ3n) is 3.50. The van der Waals surface area contributed by atoms with Gasteiger partial charge in [0.15, 0.2) is 0 Å². The molecule has 0 bridgehead atoms. The first-order chi connectivity index (χ1) is 8.33. The maximum absolute atomic E-state index is 3.65. The minimum absolute atomic E-state index is 0.463. The molecule has 0 fully saturated rings. The van der Waals surface area contributed by atoms with Crippen molar-refractivity contribution in [3.05, 3.63) is 65.2 Å². The molecule has 0 aromatic heterocycles. The summed E-state index contributed by atoms with van der Waals surface area (Å²) in [4.78, 5) is 0. The quantitative estimate of drug-likeness (QED) is 0.767. The molecule has 1 heterocycles. The summed E-state index contributed by atoms with van der Waals surface area (Å²) < 4.78 is 0. The lowest BCUT2D eigenvalue weighted by molar-refractivity contribution is 0.667. The molecular formula is C16H17N. The molecule has 2 aromatic rings. The van der Waals surface area contributed by atoms with Crippen LogP contribution in [0.15, 0.2) is 48.5 Å². The molecule has 1 unspecified atom stereocenters. The molecule has 0 saturated heterocycles. The summed E-state index contributed by atoms with van der Waals surface area (Å²) in [7, 11) is 0. The molecule has 2 aromatic carbocycles. The highest BCUT2D eigenvalue weighted by Gasteiger charge is 2.18. The van der Waals surface area contributed by atoms with E-state index in [1.54, 1.807) is 0 Å². The van der Waals surface area contributed by atoms with Crippen LogP contribution in [0.3, 0.4) is 0 Å². The first kappa shape index (κ1) is 10.4. The molecule has 1 atom stereocenters. The number of fused-ring (bicyclic) bond motifs is 1. The van der Waals surface area contributed by atoms with E-state index in [-0.39, 0.29) is 0 Å². The summed E-state index contributed by atoms with van der Waals surface area (Å²) in [5, 5.41) is 3.65. The lowest BCUT2D eigenvalue weighted by atomic mass is 9.93. The van der Waals surface area contributed by atoms with E-state index in [4.69, 9.17) is 0 Å². The predicted octanol–water partition coefficient (Wildman–Crippen LogP) is 4.09. The predicted molar refractivity (Wildman–Crippen MR) is 72.3 cm³/mol. The average Bonchev–Trinajstić information content (AvgIpc) is 2.39. The smallest absolute Gasteiger partial charge is 0.0517 e. The van der Waals surface area contributed by atoms with Crippen LogP contribution in [0.1, 0.15) is 29.2 Å². The second kappa shape index (κ2) is 4.25. The monoisotopic (exact) mass is 223 g/mol. The largest absolute Gasteiger partial charge is 0.378 e. The van der Waals surface area contributed by atoms with Crippen molar-refractivity contribution in [3.8, 4) is 0 Å². The Hall–Kier alpha value is -1.76. The van der Waals surface area contributed by atoms with Crippen molar-refractivity contribution in [2.45, 2.75) is 25.8 Å². The van der Waals surface area contributed by atoms with E-state index in [1.807, 2.05) is 0 Å². The molecule has 0 radical (unpaired) electrons. The first-order valence-corrected chi connectivity index (χ1v) is 6.24. The lowest BCUT2D eigenvalue weighted by Crippen LogP contribution is -2.17. The SMILES string of the molecule is Cc1ccc2c(c1)NC(c1ccccc1)CC2. The van der Waals surface area contributed by atoms with Gasteiger partial charge in [-0.3, -0.25) is 0 Å². The van der Waals surface area contributed by atoms with Crippen molar-refractivity contribution in [2.24, 2.45) is 0 Å². The number of benzene rings is 2. The molecule has 0 aliphatic carbocycles. The van der Waals surface area contributed by atoms with Crippen molar-refractivity contribution in [1.29, 1.82) is 0 Å². The number of rotatable bonds is 1. The third-order valence-corrected chi connectivity index (χ3v) is 3.50. The topological polar surface area (TPSA) is 12.0 Å². The van der Waals surface area contributed by atoms with E-state index >= 15 is 0 Å². The Labute approximate surface area is 102 Å². The van der Waals surface area contributed by atoms with Crippen LogP contribution < -0.4 is 5.32 Å². The van der Waals surface area contributed by atoms with Gasteiger partial charge in [-0.05, 0) is 42.5 Å². The first-order valence-electron chi connectivity index (χ1n) is 6.24. The maximum Gasteiger partial charge on any atom is 0.0517 e. The highest BCUT2D eigenvalue weighted by molar-refractivity contribution is 5.56. The molecule has 1 nitrogen and oxygen atoms in total. The molecule has 0 saturated carbocycles. The van der Waals surface area contributed by atoms with Gasteiger partial charge in [0.05, 0.1) is 6.04 Å². The second-order valence-electron chi connectivity index (χ2n) is 4.81. The Morgan fingerprint density at radius 3 is 2.71 bits per heavy atom. The third kappa shape index (κ3) is 2.05. The van der Waals surface area contributed by atoms with Crippen molar-refractivity contribution < 1.29 is 0 Å². The molecule has 1 aliphatic rings. The molecule has 3 rings (SSSR count). The van der Waals surface area contributed by atoms with Gasteiger partial charge in [0.2, 0.25) is 0 Å². The van der Waals surface area contributed by atoms with Crippen LogP contribution in [0.2, 0.25) is 0 Å². The van der Waals surface area contributed by atoms with Crippen molar-refractivity contribution in [2.75, 3.05) is 5.32 Å². The molecule has 0 amide bonds. The summed E-state index contributed by atoms with van der Waals surface area (Å²) in [5.41, 5.74) is 5.47. The van der Waals surface area contributed by atoms with Gasteiger partial charge in [-0.1, -0.05) is 42.5 Å². The molecule has 86 valence electrons. The van der Waals surface area contributed by atoms with Crippen molar-refractivity contribution in [1.82, 2.24) is 0 Å². The van der Waals surface area contributed by atoms with Gasteiger partial charge in [-0.2, -0.15) is 0 Å². The normalized spacial score (nSPS) is 18.3. The van der Waals surface area contributed by atoms with Gasteiger partial charge in [0.1, 0.15) is 0 Å². The van der Waals surface area contributed by atoms with Gasteiger partial charge in [0, 0.05) is 5.69 Å². The minimum atomic E-state index is 0.463. The van der Waals surface area contributed by atoms with E-state index in [0.717, 1.165) is 0 Å². The van der Waals surface area contributed by atoms with Crippen molar-refractivity contribution in [3.63, 3.8) is 0 Å². The van der Waals surface area contributed by atoms with Gasteiger partial charge < -0.3 is 5.32 Å². The summed E-state index contributed by atoms with van der Waals surface area (Å²) in [5.74, 6) is 0. The van der Waals surface area contributed by atoms with E-state index in [2.05, 4.69) is 60.8 Å². The number of hydrogen-bond donors (Lipinski definition) is 1. The fourth-order valence-corrected chi connectivity index (χ4v) is 2.54. The number of hydrogen-bond acceptors (Lipinski definition) is 1. The van der Waals surface area contributed by atoms with Crippen LogP contribution in [-0.2, 0) is 6.42 Å². The van der Waals surface area contributed by atoms with Crippen LogP contribution in [0.25, 0.3) is 0 Å². The summed E-state index contributed by atoms with van der Waals surface area (Å²) >= 11 is 0. The summed E-state index contributed by atoms with van der Waals surface area (Å²) in [6.07, 6.45) is 2.35. The zero-order valence-corrected chi connectivity index (χ0v) is 10.1. The van der Waals surface area contributed by atoms with Crippen molar-refractivity contribution >= 4 is 5.69 Å². The highest BCUT2D eigenvalue weighted by atomic mass is 14.9. The number of anilines is 1. The number of aryl methyl sites for hydroxylation is 2.